The molecule has 2 aromatic heterocycles. The van der Waals surface area contributed by atoms with Gasteiger partial charge in [-0.25, -0.2) is 4.68 Å². The summed E-state index contributed by atoms with van der Waals surface area (Å²) in [4.78, 5) is 32.2. The van der Waals surface area contributed by atoms with Crippen molar-refractivity contribution in [3.05, 3.63) is 81.5 Å². The molecule has 0 N–H and O–H groups in total. The van der Waals surface area contributed by atoms with Crippen LogP contribution in [0.15, 0.2) is 66.0 Å². The SMILES string of the molecule is COc1ccc(-n2nc(-c3ccc(Cl)cc3)c3c2N(CC(=O)N2CCC(C)CC2)C(=O)CS[C@@H]3c2cccs2)cc1. The number of fused-ring (bicyclic) bond motifs is 1. The van der Waals surface area contributed by atoms with E-state index in [9.17, 15) is 9.59 Å². The molecule has 7 nitrogen and oxygen atoms in total. The van der Waals surface area contributed by atoms with Crippen LogP contribution in [0.5, 0.6) is 5.75 Å². The van der Waals surface area contributed by atoms with Gasteiger partial charge in [-0.1, -0.05) is 36.7 Å². The molecule has 2 aromatic carbocycles. The van der Waals surface area contributed by atoms with E-state index in [-0.39, 0.29) is 29.4 Å². The van der Waals surface area contributed by atoms with Gasteiger partial charge in [-0.05, 0) is 66.6 Å². The number of halogens is 1. The smallest absolute Gasteiger partial charge is 0.242 e. The van der Waals surface area contributed by atoms with E-state index in [0.717, 1.165) is 59.1 Å². The summed E-state index contributed by atoms with van der Waals surface area (Å²) in [6.45, 7) is 3.63. The minimum atomic E-state index is -0.137. The Morgan fingerprint density at radius 3 is 2.46 bits per heavy atom. The fourth-order valence-electron chi connectivity index (χ4n) is 5.40. The summed E-state index contributed by atoms with van der Waals surface area (Å²) in [6.07, 6.45) is 1.96. The van der Waals surface area contributed by atoms with Crippen molar-refractivity contribution in [2.24, 2.45) is 5.92 Å². The molecule has 0 unspecified atom stereocenters. The number of amides is 2. The number of benzene rings is 2. The number of thioether (sulfide) groups is 1. The van der Waals surface area contributed by atoms with E-state index >= 15 is 0 Å². The first kappa shape index (κ1) is 27.9. The molecule has 4 aromatic rings. The number of methoxy groups -OCH3 is 1. The second kappa shape index (κ2) is 11.9. The number of aromatic nitrogens is 2. The molecular weight excluding hydrogens is 576 g/mol. The van der Waals surface area contributed by atoms with Crippen molar-refractivity contribution in [3.63, 3.8) is 0 Å². The van der Waals surface area contributed by atoms with Crippen LogP contribution in [0.25, 0.3) is 16.9 Å². The molecule has 2 amide bonds. The third-order valence-electron chi connectivity index (χ3n) is 7.75. The molecule has 2 aliphatic rings. The Labute approximate surface area is 253 Å². The number of likely N-dealkylation sites (tertiary alicyclic amines) is 1. The molecule has 0 radical (unpaired) electrons. The second-order valence-corrected chi connectivity index (χ2v) is 13.0. The maximum Gasteiger partial charge on any atom is 0.242 e. The number of carbonyl (C=O) groups excluding carboxylic acids is 2. The third kappa shape index (κ3) is 5.63. The highest BCUT2D eigenvalue weighted by Crippen LogP contribution is 2.49. The van der Waals surface area contributed by atoms with Gasteiger partial charge in [0.05, 0.1) is 29.5 Å². The summed E-state index contributed by atoms with van der Waals surface area (Å²) in [6, 6.07) is 19.3. The highest BCUT2D eigenvalue weighted by Gasteiger charge is 2.38. The zero-order valence-corrected chi connectivity index (χ0v) is 25.3. The molecule has 1 atom stereocenters. The fraction of sp³-hybridized carbons (Fsp3) is 0.323. The molecule has 0 saturated carbocycles. The molecule has 41 heavy (non-hydrogen) atoms. The number of nitrogens with zero attached hydrogens (tertiary/aromatic N) is 4. The molecule has 1 saturated heterocycles. The van der Waals surface area contributed by atoms with Gasteiger partial charge in [-0.15, -0.1) is 23.1 Å². The molecule has 0 spiro atoms. The van der Waals surface area contributed by atoms with Crippen LogP contribution in [-0.2, 0) is 9.59 Å². The number of carbonyl (C=O) groups is 2. The molecule has 0 bridgehead atoms. The van der Waals surface area contributed by atoms with Gasteiger partial charge in [-0.3, -0.25) is 14.5 Å². The van der Waals surface area contributed by atoms with Crippen LogP contribution in [0, 0.1) is 5.92 Å². The predicted molar refractivity (Wildman–Crippen MR) is 167 cm³/mol. The lowest BCUT2D eigenvalue weighted by molar-refractivity contribution is -0.132. The number of hydrogen-bond donors (Lipinski definition) is 0. The Bertz CT molecular complexity index is 1530. The maximum atomic E-state index is 13.9. The minimum Gasteiger partial charge on any atom is -0.497 e. The number of ether oxygens (including phenoxy) is 1. The zero-order chi connectivity index (χ0) is 28.5. The number of thiophene rings is 1. The van der Waals surface area contributed by atoms with Gasteiger partial charge in [0.15, 0.2) is 0 Å². The predicted octanol–water partition coefficient (Wildman–Crippen LogP) is 6.69. The summed E-state index contributed by atoms with van der Waals surface area (Å²) in [5.41, 5.74) is 3.35. The lowest BCUT2D eigenvalue weighted by Crippen LogP contribution is -2.46. The molecule has 0 aliphatic carbocycles. The van der Waals surface area contributed by atoms with Crippen LogP contribution in [-0.4, -0.2) is 59.0 Å². The van der Waals surface area contributed by atoms with Crippen LogP contribution in [0.1, 0.15) is 35.5 Å². The monoisotopic (exact) mass is 606 g/mol. The zero-order valence-electron chi connectivity index (χ0n) is 23.0. The molecule has 10 heteroatoms. The van der Waals surface area contributed by atoms with Crippen molar-refractivity contribution < 1.29 is 14.3 Å². The third-order valence-corrected chi connectivity index (χ3v) is 10.3. The first-order chi connectivity index (χ1) is 19.9. The molecule has 4 heterocycles. The summed E-state index contributed by atoms with van der Waals surface area (Å²) in [7, 11) is 1.63. The van der Waals surface area contributed by atoms with Crippen LogP contribution in [0.3, 0.4) is 0 Å². The van der Waals surface area contributed by atoms with Gasteiger partial charge >= 0.3 is 0 Å². The Balaban J connectivity index is 1.54. The summed E-state index contributed by atoms with van der Waals surface area (Å²) >= 11 is 9.49. The summed E-state index contributed by atoms with van der Waals surface area (Å²) < 4.78 is 7.21. The molecule has 2 aliphatic heterocycles. The van der Waals surface area contributed by atoms with Gasteiger partial charge in [0, 0.05) is 34.1 Å². The van der Waals surface area contributed by atoms with Crippen molar-refractivity contribution in [3.8, 4) is 22.7 Å². The van der Waals surface area contributed by atoms with Gasteiger partial charge in [0.2, 0.25) is 11.8 Å². The normalized spacial score (nSPS) is 17.8. The van der Waals surface area contributed by atoms with Gasteiger partial charge in [0.1, 0.15) is 18.1 Å². The van der Waals surface area contributed by atoms with E-state index in [2.05, 4.69) is 18.4 Å². The minimum absolute atomic E-state index is 0.0279. The quantitative estimate of drug-likeness (QED) is 0.245. The largest absolute Gasteiger partial charge is 0.497 e. The highest BCUT2D eigenvalue weighted by atomic mass is 35.5. The van der Waals surface area contributed by atoms with E-state index in [4.69, 9.17) is 21.4 Å². The summed E-state index contributed by atoms with van der Waals surface area (Å²) in [5.74, 6) is 2.07. The topological polar surface area (TPSA) is 67.7 Å². The standard InChI is InChI=1S/C31H31ClN4O3S2/c1-20-13-15-34(16-14-20)26(37)18-35-27(38)19-41-30(25-4-3-17-40-25)28-29(21-5-7-22(32)8-6-21)33-36(31(28)35)23-9-11-24(39-2)12-10-23/h3-12,17,20,30H,13-16,18-19H2,1-2H3/t30-/m1/s1. The average molecular weight is 607 g/mol. The maximum absolute atomic E-state index is 13.9. The summed E-state index contributed by atoms with van der Waals surface area (Å²) in [5, 5.41) is 7.69. The molecule has 212 valence electrons. The Hall–Kier alpha value is -3.27. The van der Waals surface area contributed by atoms with Crippen molar-refractivity contribution in [1.29, 1.82) is 0 Å². The first-order valence-corrected chi connectivity index (χ1v) is 16.0. The number of rotatable bonds is 6. The van der Waals surface area contributed by atoms with Crippen LogP contribution in [0.4, 0.5) is 5.82 Å². The van der Waals surface area contributed by atoms with Crippen molar-refractivity contribution >= 4 is 52.3 Å². The lowest BCUT2D eigenvalue weighted by atomic mass is 9.99. The first-order valence-electron chi connectivity index (χ1n) is 13.7. The van der Waals surface area contributed by atoms with E-state index in [1.165, 1.54) is 0 Å². The van der Waals surface area contributed by atoms with Crippen LogP contribution >= 0.6 is 34.7 Å². The van der Waals surface area contributed by atoms with Crippen molar-refractivity contribution in [1.82, 2.24) is 14.7 Å². The van der Waals surface area contributed by atoms with Gasteiger partial charge < -0.3 is 9.64 Å². The Morgan fingerprint density at radius 2 is 1.80 bits per heavy atom. The number of piperidine rings is 1. The average Bonchev–Trinajstić information content (AvgIpc) is 3.63. The van der Waals surface area contributed by atoms with E-state index in [1.54, 1.807) is 35.1 Å². The number of anilines is 1. The fourth-order valence-corrected chi connectivity index (χ4v) is 7.70. The van der Waals surface area contributed by atoms with Gasteiger partial charge in [0.25, 0.3) is 0 Å². The van der Waals surface area contributed by atoms with E-state index in [1.807, 2.05) is 64.2 Å². The van der Waals surface area contributed by atoms with Crippen LogP contribution in [0.2, 0.25) is 5.02 Å². The molecular formula is C31H31ClN4O3S2. The molecule has 6 rings (SSSR count). The Morgan fingerprint density at radius 1 is 1.07 bits per heavy atom. The number of hydrogen-bond acceptors (Lipinski definition) is 6. The second-order valence-electron chi connectivity index (χ2n) is 10.5. The Kier molecular flexibility index (Phi) is 8.10. The van der Waals surface area contributed by atoms with Crippen LogP contribution < -0.4 is 9.64 Å². The molecule has 1 fully saturated rings. The van der Waals surface area contributed by atoms with E-state index < -0.39 is 0 Å². The van der Waals surface area contributed by atoms with Gasteiger partial charge in [-0.2, -0.15) is 5.10 Å². The van der Waals surface area contributed by atoms with E-state index in [0.29, 0.717) is 16.8 Å². The highest BCUT2D eigenvalue weighted by molar-refractivity contribution is 8.00. The lowest BCUT2D eigenvalue weighted by Gasteiger charge is -2.32. The van der Waals surface area contributed by atoms with Crippen molar-refractivity contribution in [2.75, 3.05) is 37.4 Å². The van der Waals surface area contributed by atoms with Crippen molar-refractivity contribution in [2.45, 2.75) is 25.0 Å².